The van der Waals surface area contributed by atoms with E-state index in [1.165, 1.54) is 30.4 Å². The van der Waals surface area contributed by atoms with Gasteiger partial charge in [-0.1, -0.05) is 30.7 Å². The summed E-state index contributed by atoms with van der Waals surface area (Å²) in [6, 6.07) is 9.14. The quantitative estimate of drug-likeness (QED) is 0.462. The summed E-state index contributed by atoms with van der Waals surface area (Å²) in [7, 11) is 0. The Morgan fingerprint density at radius 2 is 2.00 bits per heavy atom. The monoisotopic (exact) mass is 252 g/mol. The molecule has 0 saturated heterocycles. The Hall–Kier alpha value is -0.570. The summed E-state index contributed by atoms with van der Waals surface area (Å²) in [4.78, 5) is 0. The largest absolute Gasteiger partial charge is 0.271 e. The first-order valence-corrected chi connectivity index (χ1v) is 7.00. The highest BCUT2D eigenvalue weighted by Crippen LogP contribution is 2.36. The van der Waals surface area contributed by atoms with Gasteiger partial charge in [0.25, 0.3) is 0 Å². The lowest BCUT2D eigenvalue weighted by molar-refractivity contribution is 0.419. The fourth-order valence-electron chi connectivity index (χ4n) is 2.37. The van der Waals surface area contributed by atoms with Crippen LogP contribution in [0.1, 0.15) is 55.2 Å². The second-order valence-electron chi connectivity index (χ2n) is 4.84. The third-order valence-corrected chi connectivity index (χ3v) is 4.01. The topological polar surface area (TPSA) is 38.0 Å². The Morgan fingerprint density at radius 3 is 2.47 bits per heavy atom. The van der Waals surface area contributed by atoms with Gasteiger partial charge in [0.2, 0.25) is 0 Å². The van der Waals surface area contributed by atoms with E-state index >= 15 is 0 Å². The minimum absolute atomic E-state index is 0.226. The zero-order valence-electron chi connectivity index (χ0n) is 10.2. The summed E-state index contributed by atoms with van der Waals surface area (Å²) in [5.74, 6) is 7.08. The number of nitrogens with one attached hydrogen (secondary N) is 1. The molecule has 2 rings (SSSR count). The van der Waals surface area contributed by atoms with E-state index in [1.807, 2.05) is 0 Å². The standard InChI is InChI=1S/C14H21ClN2/c15-10-2-5-14(17-16)13-8-6-12(7-9-13)11-3-1-4-11/h6-9,11,14,17H,1-5,10,16H2. The molecule has 1 unspecified atom stereocenters. The van der Waals surface area contributed by atoms with Crippen LogP contribution in [0, 0.1) is 0 Å². The Morgan fingerprint density at radius 1 is 1.29 bits per heavy atom. The summed E-state index contributed by atoms with van der Waals surface area (Å²) >= 11 is 5.71. The highest BCUT2D eigenvalue weighted by atomic mass is 35.5. The number of hydrogen-bond donors (Lipinski definition) is 2. The molecule has 0 heterocycles. The molecule has 1 aromatic carbocycles. The first-order valence-electron chi connectivity index (χ1n) is 6.47. The molecule has 0 aliphatic heterocycles. The third-order valence-electron chi connectivity index (χ3n) is 3.74. The molecule has 3 heteroatoms. The fourth-order valence-corrected chi connectivity index (χ4v) is 2.52. The highest BCUT2D eigenvalue weighted by Gasteiger charge is 2.19. The van der Waals surface area contributed by atoms with Gasteiger partial charge in [-0.25, -0.2) is 0 Å². The number of alkyl halides is 1. The van der Waals surface area contributed by atoms with Crippen molar-refractivity contribution >= 4 is 11.6 Å². The van der Waals surface area contributed by atoms with E-state index in [9.17, 15) is 0 Å². The molecule has 1 fully saturated rings. The van der Waals surface area contributed by atoms with Crippen molar-refractivity contribution in [3.8, 4) is 0 Å². The summed E-state index contributed by atoms with van der Waals surface area (Å²) in [5.41, 5.74) is 5.62. The first kappa shape index (κ1) is 12.9. The SMILES string of the molecule is NNC(CCCCl)c1ccc(C2CCC2)cc1. The molecule has 0 amide bonds. The molecule has 1 aromatic rings. The zero-order valence-corrected chi connectivity index (χ0v) is 10.9. The van der Waals surface area contributed by atoms with Gasteiger partial charge < -0.3 is 0 Å². The van der Waals surface area contributed by atoms with Crippen molar-refractivity contribution in [2.75, 3.05) is 5.88 Å². The Balaban J connectivity index is 1.99. The number of nitrogens with two attached hydrogens (primary N) is 1. The number of hydrogen-bond acceptors (Lipinski definition) is 2. The molecule has 1 atom stereocenters. The smallest absolute Gasteiger partial charge is 0.0460 e. The molecule has 0 radical (unpaired) electrons. The van der Waals surface area contributed by atoms with Crippen molar-refractivity contribution in [2.45, 2.75) is 44.1 Å². The molecular weight excluding hydrogens is 232 g/mol. The molecule has 1 saturated carbocycles. The van der Waals surface area contributed by atoms with E-state index in [-0.39, 0.29) is 6.04 Å². The van der Waals surface area contributed by atoms with Crippen molar-refractivity contribution in [3.05, 3.63) is 35.4 Å². The third kappa shape index (κ3) is 3.21. The predicted molar refractivity (Wildman–Crippen MR) is 73.1 cm³/mol. The van der Waals surface area contributed by atoms with Crippen molar-refractivity contribution in [2.24, 2.45) is 5.84 Å². The minimum Gasteiger partial charge on any atom is -0.271 e. The number of rotatable bonds is 6. The van der Waals surface area contributed by atoms with Gasteiger partial charge in [-0.2, -0.15) is 0 Å². The van der Waals surface area contributed by atoms with Gasteiger partial charge in [0, 0.05) is 11.9 Å². The normalized spacial score (nSPS) is 17.8. The summed E-state index contributed by atoms with van der Waals surface area (Å²) < 4.78 is 0. The minimum atomic E-state index is 0.226. The molecule has 94 valence electrons. The fraction of sp³-hybridized carbons (Fsp3) is 0.571. The first-order chi connectivity index (χ1) is 8.35. The van der Waals surface area contributed by atoms with Crippen LogP contribution in [-0.4, -0.2) is 5.88 Å². The maximum Gasteiger partial charge on any atom is 0.0460 e. The van der Waals surface area contributed by atoms with E-state index in [4.69, 9.17) is 17.4 Å². The lowest BCUT2D eigenvalue weighted by Gasteiger charge is -2.26. The Labute approximate surface area is 109 Å². The maximum absolute atomic E-state index is 5.71. The van der Waals surface area contributed by atoms with Crippen LogP contribution >= 0.6 is 11.6 Å². The van der Waals surface area contributed by atoms with E-state index in [2.05, 4.69) is 29.7 Å². The van der Waals surface area contributed by atoms with Gasteiger partial charge in [-0.05, 0) is 42.7 Å². The van der Waals surface area contributed by atoms with Crippen LogP contribution in [-0.2, 0) is 0 Å². The number of hydrazine groups is 1. The molecule has 1 aliphatic rings. The van der Waals surface area contributed by atoms with Crippen LogP contribution in [0.2, 0.25) is 0 Å². The average molecular weight is 253 g/mol. The molecule has 0 bridgehead atoms. The van der Waals surface area contributed by atoms with Gasteiger partial charge in [-0.15, -0.1) is 11.6 Å². The van der Waals surface area contributed by atoms with E-state index in [1.54, 1.807) is 0 Å². The molecule has 1 aliphatic carbocycles. The van der Waals surface area contributed by atoms with Gasteiger partial charge in [0.05, 0.1) is 0 Å². The highest BCUT2D eigenvalue weighted by molar-refractivity contribution is 6.17. The summed E-state index contributed by atoms with van der Waals surface area (Å²) in [6.07, 6.45) is 6.06. The Bertz CT molecular complexity index is 333. The average Bonchev–Trinajstić information content (AvgIpc) is 2.30. The lowest BCUT2D eigenvalue weighted by atomic mass is 9.80. The maximum atomic E-state index is 5.71. The van der Waals surface area contributed by atoms with Crippen molar-refractivity contribution in [1.82, 2.24) is 5.43 Å². The van der Waals surface area contributed by atoms with E-state index in [0.29, 0.717) is 5.88 Å². The predicted octanol–water partition coefficient (Wildman–Crippen LogP) is 3.48. The van der Waals surface area contributed by atoms with Crippen LogP contribution in [0.25, 0.3) is 0 Å². The Kier molecular flexibility index (Phi) is 4.84. The second-order valence-corrected chi connectivity index (χ2v) is 5.22. The van der Waals surface area contributed by atoms with Crippen molar-refractivity contribution in [3.63, 3.8) is 0 Å². The molecule has 0 aromatic heterocycles. The molecule has 2 nitrogen and oxygen atoms in total. The van der Waals surface area contributed by atoms with Gasteiger partial charge in [0.15, 0.2) is 0 Å². The van der Waals surface area contributed by atoms with Crippen LogP contribution in [0.5, 0.6) is 0 Å². The van der Waals surface area contributed by atoms with Crippen LogP contribution < -0.4 is 11.3 Å². The summed E-state index contributed by atoms with van der Waals surface area (Å²) in [6.45, 7) is 0. The van der Waals surface area contributed by atoms with Crippen LogP contribution in [0.3, 0.4) is 0 Å². The van der Waals surface area contributed by atoms with Gasteiger partial charge >= 0.3 is 0 Å². The molecule has 17 heavy (non-hydrogen) atoms. The molecular formula is C14H21ClN2. The van der Waals surface area contributed by atoms with Crippen LogP contribution in [0.15, 0.2) is 24.3 Å². The molecule has 0 spiro atoms. The van der Waals surface area contributed by atoms with Crippen LogP contribution in [0.4, 0.5) is 0 Å². The van der Waals surface area contributed by atoms with Gasteiger partial charge in [-0.3, -0.25) is 11.3 Å². The number of halogens is 1. The number of benzene rings is 1. The zero-order chi connectivity index (χ0) is 12.1. The van der Waals surface area contributed by atoms with Crippen molar-refractivity contribution in [1.29, 1.82) is 0 Å². The van der Waals surface area contributed by atoms with E-state index in [0.717, 1.165) is 18.8 Å². The molecule has 3 N–H and O–H groups in total. The van der Waals surface area contributed by atoms with Gasteiger partial charge in [0.1, 0.15) is 0 Å². The summed E-state index contributed by atoms with van der Waals surface area (Å²) in [5, 5.41) is 0. The lowest BCUT2D eigenvalue weighted by Crippen LogP contribution is -2.28. The van der Waals surface area contributed by atoms with Crippen molar-refractivity contribution < 1.29 is 0 Å². The second kappa shape index (κ2) is 6.39. The van der Waals surface area contributed by atoms with E-state index < -0.39 is 0 Å².